The largest absolute Gasteiger partial charge is 0.318 e. The second-order valence-corrected chi connectivity index (χ2v) is 5.54. The molecule has 0 spiro atoms. The summed E-state index contributed by atoms with van der Waals surface area (Å²) in [6, 6.07) is 11.1. The van der Waals surface area contributed by atoms with Crippen molar-refractivity contribution in [2.24, 2.45) is 4.99 Å². The number of hydrogen-bond donors (Lipinski definition) is 2. The molecule has 2 aromatic rings. The number of nitrogens with zero attached hydrogens (tertiary/aromatic N) is 2. The van der Waals surface area contributed by atoms with E-state index in [-0.39, 0.29) is 5.78 Å². The van der Waals surface area contributed by atoms with E-state index in [1.54, 1.807) is 6.08 Å². The molecule has 22 heavy (non-hydrogen) atoms. The lowest BCUT2D eigenvalue weighted by molar-refractivity contribution is 0.102. The number of benzene rings is 1. The van der Waals surface area contributed by atoms with Crippen molar-refractivity contribution in [3.8, 4) is 0 Å². The number of rotatable bonds is 6. The van der Waals surface area contributed by atoms with Gasteiger partial charge in [0.05, 0.1) is 12.3 Å². The quantitative estimate of drug-likeness (QED) is 0.371. The van der Waals surface area contributed by atoms with E-state index >= 15 is 0 Å². The first-order valence-electron chi connectivity index (χ1n) is 6.84. The number of aliphatic imine (C=N–C) groups is 1. The summed E-state index contributed by atoms with van der Waals surface area (Å²) >= 11 is 1.36. The van der Waals surface area contributed by atoms with Gasteiger partial charge in [-0.3, -0.25) is 14.9 Å². The van der Waals surface area contributed by atoms with Crippen molar-refractivity contribution in [2.75, 3.05) is 17.6 Å². The van der Waals surface area contributed by atoms with Crippen molar-refractivity contribution in [3.63, 3.8) is 0 Å². The van der Waals surface area contributed by atoms with Gasteiger partial charge >= 0.3 is 0 Å². The molecule has 1 aromatic carbocycles. The summed E-state index contributed by atoms with van der Waals surface area (Å²) in [5, 5.41) is 10.7. The fourth-order valence-corrected chi connectivity index (χ4v) is 2.48. The van der Waals surface area contributed by atoms with Crippen molar-refractivity contribution in [1.29, 1.82) is 0 Å². The molecule has 0 aliphatic carbocycles. The van der Waals surface area contributed by atoms with Crippen LogP contribution in [0.5, 0.6) is 0 Å². The molecule has 2 rings (SSSR count). The third-order valence-corrected chi connectivity index (χ3v) is 3.65. The number of H-pyrrole nitrogens is 1. The molecule has 5 nitrogen and oxygen atoms in total. The molecule has 6 heteroatoms. The summed E-state index contributed by atoms with van der Waals surface area (Å²) in [4.78, 5) is 16.5. The topological polar surface area (TPSA) is 70.1 Å². The van der Waals surface area contributed by atoms with Crippen LogP contribution in [0.15, 0.2) is 54.0 Å². The van der Waals surface area contributed by atoms with Crippen LogP contribution in [-0.2, 0) is 0 Å². The van der Waals surface area contributed by atoms with E-state index in [1.165, 1.54) is 11.8 Å². The highest BCUT2D eigenvalue weighted by Crippen LogP contribution is 2.13. The lowest BCUT2D eigenvalue weighted by Gasteiger charge is -2.06. The molecular formula is C16H18N4OS. The molecule has 114 valence electrons. The highest BCUT2D eigenvalue weighted by molar-refractivity contribution is 8.14. The van der Waals surface area contributed by atoms with E-state index < -0.39 is 0 Å². The molecule has 0 radical (unpaired) electrons. The number of thioether (sulfide) groups is 1. The number of anilines is 1. The van der Waals surface area contributed by atoms with Gasteiger partial charge in [-0.1, -0.05) is 48.2 Å². The Balaban J connectivity index is 1.98. The highest BCUT2D eigenvalue weighted by atomic mass is 32.2. The second kappa shape index (κ2) is 8.19. The lowest BCUT2D eigenvalue weighted by Crippen LogP contribution is -2.13. The minimum absolute atomic E-state index is 0.0666. The zero-order valence-electron chi connectivity index (χ0n) is 12.4. The smallest absolute Gasteiger partial charge is 0.173 e. The Morgan fingerprint density at radius 1 is 1.45 bits per heavy atom. The van der Waals surface area contributed by atoms with E-state index in [4.69, 9.17) is 0 Å². The number of ketones is 1. The van der Waals surface area contributed by atoms with Crippen molar-refractivity contribution in [2.45, 2.75) is 6.92 Å². The molecule has 0 unspecified atom stereocenters. The Kier molecular flexibility index (Phi) is 5.97. The zero-order valence-corrected chi connectivity index (χ0v) is 13.2. The van der Waals surface area contributed by atoms with Gasteiger partial charge in [0.1, 0.15) is 0 Å². The van der Waals surface area contributed by atoms with Crippen LogP contribution in [0.1, 0.15) is 16.1 Å². The molecule has 0 fully saturated rings. The molecule has 0 aliphatic rings. The number of hydrogen-bond acceptors (Lipinski definition) is 4. The SMILES string of the molecule is C=CCN=C(Nc1cc(C)[nH]n1)SCC(=O)c1ccccc1. The predicted octanol–water partition coefficient (Wildman–Crippen LogP) is 3.29. The monoisotopic (exact) mass is 314 g/mol. The van der Waals surface area contributed by atoms with Crippen molar-refractivity contribution < 1.29 is 4.79 Å². The summed E-state index contributed by atoms with van der Waals surface area (Å²) in [5.41, 5.74) is 1.66. The van der Waals surface area contributed by atoms with E-state index in [1.807, 2.05) is 43.3 Å². The van der Waals surface area contributed by atoms with Gasteiger partial charge in [0.25, 0.3) is 0 Å². The number of aryl methyl sites for hydroxylation is 1. The minimum Gasteiger partial charge on any atom is -0.318 e. The van der Waals surface area contributed by atoms with Crippen LogP contribution in [0.4, 0.5) is 5.82 Å². The molecule has 0 saturated heterocycles. The molecule has 0 aliphatic heterocycles. The van der Waals surface area contributed by atoms with E-state index in [2.05, 4.69) is 27.1 Å². The molecule has 0 atom stereocenters. The standard InChI is InChI=1S/C16H18N4OS/c1-3-9-17-16(18-15-10-12(2)19-20-15)22-11-14(21)13-7-5-4-6-8-13/h3-8,10H,1,9,11H2,2H3,(H2,17,18,19,20). The van der Waals surface area contributed by atoms with Gasteiger partial charge in [0, 0.05) is 17.3 Å². The number of carbonyl (C=O) groups excluding carboxylic acids is 1. The number of amidine groups is 1. The van der Waals surface area contributed by atoms with Gasteiger partial charge in [-0.15, -0.1) is 6.58 Å². The Bertz CT molecular complexity index is 664. The van der Waals surface area contributed by atoms with Crippen molar-refractivity contribution in [1.82, 2.24) is 10.2 Å². The number of carbonyl (C=O) groups is 1. The van der Waals surface area contributed by atoms with E-state index in [0.717, 1.165) is 5.69 Å². The maximum Gasteiger partial charge on any atom is 0.173 e. The zero-order chi connectivity index (χ0) is 15.8. The van der Waals surface area contributed by atoms with Gasteiger partial charge < -0.3 is 5.32 Å². The Morgan fingerprint density at radius 3 is 2.86 bits per heavy atom. The van der Waals surface area contributed by atoms with Crippen LogP contribution in [0.25, 0.3) is 0 Å². The normalized spacial score (nSPS) is 11.2. The highest BCUT2D eigenvalue weighted by Gasteiger charge is 2.09. The number of aromatic amines is 1. The number of nitrogens with one attached hydrogen (secondary N) is 2. The van der Waals surface area contributed by atoms with Crippen LogP contribution in [0.3, 0.4) is 0 Å². The van der Waals surface area contributed by atoms with Gasteiger partial charge in [-0.05, 0) is 6.92 Å². The number of Topliss-reactive ketones (excluding diaryl/α,β-unsaturated/α-hetero) is 1. The van der Waals surface area contributed by atoms with Gasteiger partial charge in [0.2, 0.25) is 0 Å². The first-order chi connectivity index (χ1) is 10.7. The van der Waals surface area contributed by atoms with Crippen LogP contribution in [0, 0.1) is 6.92 Å². The molecular weight excluding hydrogens is 296 g/mol. The fourth-order valence-electron chi connectivity index (χ4n) is 1.70. The van der Waals surface area contributed by atoms with E-state index in [9.17, 15) is 4.79 Å². The van der Waals surface area contributed by atoms with Crippen LogP contribution in [-0.4, -0.2) is 33.4 Å². The maximum atomic E-state index is 12.1. The summed E-state index contributed by atoms with van der Waals surface area (Å²) in [7, 11) is 0. The summed E-state index contributed by atoms with van der Waals surface area (Å²) in [6.45, 7) is 6.06. The molecule has 0 amide bonds. The summed E-state index contributed by atoms with van der Waals surface area (Å²) < 4.78 is 0. The van der Waals surface area contributed by atoms with Gasteiger partial charge in [-0.25, -0.2) is 0 Å². The third-order valence-electron chi connectivity index (χ3n) is 2.74. The fraction of sp³-hybridized carbons (Fsp3) is 0.188. The van der Waals surface area contributed by atoms with Gasteiger partial charge in [0.15, 0.2) is 16.8 Å². The summed E-state index contributed by atoms with van der Waals surface area (Å²) in [6.07, 6.45) is 1.71. The number of aromatic nitrogens is 2. The predicted molar refractivity (Wildman–Crippen MR) is 92.7 cm³/mol. The molecule has 0 saturated carbocycles. The lowest BCUT2D eigenvalue weighted by atomic mass is 10.2. The Labute approximate surface area is 133 Å². The molecule has 1 heterocycles. The Morgan fingerprint density at radius 2 is 2.23 bits per heavy atom. The van der Waals surface area contributed by atoms with Crippen molar-refractivity contribution >= 4 is 28.5 Å². The van der Waals surface area contributed by atoms with Crippen LogP contribution >= 0.6 is 11.8 Å². The van der Waals surface area contributed by atoms with Crippen LogP contribution in [0.2, 0.25) is 0 Å². The Hall–Kier alpha value is -2.34. The average Bonchev–Trinajstić information content (AvgIpc) is 2.95. The maximum absolute atomic E-state index is 12.1. The first kappa shape index (κ1) is 16.0. The van der Waals surface area contributed by atoms with Gasteiger partial charge in [-0.2, -0.15) is 5.10 Å². The second-order valence-electron chi connectivity index (χ2n) is 4.57. The minimum atomic E-state index is 0.0666. The molecule has 0 bridgehead atoms. The third kappa shape index (κ3) is 4.89. The molecule has 1 aromatic heterocycles. The van der Waals surface area contributed by atoms with Crippen molar-refractivity contribution in [3.05, 3.63) is 60.3 Å². The van der Waals surface area contributed by atoms with Crippen LogP contribution < -0.4 is 5.32 Å². The van der Waals surface area contributed by atoms with E-state index in [0.29, 0.717) is 28.8 Å². The summed E-state index contributed by atoms with van der Waals surface area (Å²) in [5.74, 6) is 1.06. The average molecular weight is 314 g/mol. The molecule has 2 N–H and O–H groups in total. The first-order valence-corrected chi connectivity index (χ1v) is 7.83.